The Morgan fingerprint density at radius 3 is 2.61 bits per heavy atom. The average Bonchev–Trinajstić information content (AvgIpc) is 2.36. The Hall–Kier alpha value is -1.35. The van der Waals surface area contributed by atoms with E-state index in [4.69, 9.17) is 5.11 Å². The Kier molecular flexibility index (Phi) is 3.71. The smallest absolute Gasteiger partial charge is 0.323 e. The minimum Gasteiger partial charge on any atom is -0.480 e. The molecule has 1 aliphatic carbocycles. The molecule has 0 atom stereocenters. The maximum absolute atomic E-state index is 11.0. The molecule has 0 heterocycles. The molecule has 1 aromatic carbocycles. The molecule has 0 saturated heterocycles. The van der Waals surface area contributed by atoms with Crippen molar-refractivity contribution in [3.8, 4) is 0 Å². The lowest BCUT2D eigenvalue weighted by molar-refractivity contribution is -0.143. The van der Waals surface area contributed by atoms with Crippen molar-refractivity contribution in [3.63, 3.8) is 0 Å². The second-order valence-electron chi connectivity index (χ2n) is 5.59. The van der Waals surface area contributed by atoms with E-state index in [-0.39, 0.29) is 0 Å². The lowest BCUT2D eigenvalue weighted by Crippen LogP contribution is -2.46. The van der Waals surface area contributed by atoms with Crippen LogP contribution < -0.4 is 5.32 Å². The van der Waals surface area contributed by atoms with Gasteiger partial charge >= 0.3 is 5.97 Å². The summed E-state index contributed by atoms with van der Waals surface area (Å²) >= 11 is 0. The summed E-state index contributed by atoms with van der Waals surface area (Å²) in [5.74, 6) is -0.819. The van der Waals surface area contributed by atoms with Crippen molar-refractivity contribution >= 4 is 5.97 Å². The Labute approximate surface area is 108 Å². The molecular weight excluding hydrogens is 226 g/mol. The third kappa shape index (κ3) is 2.91. The summed E-state index contributed by atoms with van der Waals surface area (Å²) in [6.45, 7) is 3.98. The number of aliphatic carboxylic acids is 1. The van der Waals surface area contributed by atoms with Crippen LogP contribution in [0.15, 0.2) is 18.2 Å². The Bertz CT molecular complexity index is 452. The van der Waals surface area contributed by atoms with E-state index in [1.807, 2.05) is 0 Å². The van der Waals surface area contributed by atoms with Gasteiger partial charge in [-0.15, -0.1) is 0 Å². The summed E-state index contributed by atoms with van der Waals surface area (Å²) in [6, 6.07) is 6.52. The van der Waals surface area contributed by atoms with Crippen LogP contribution in [0.25, 0.3) is 0 Å². The predicted octanol–water partition coefficient (Wildman–Crippen LogP) is 2.52. The highest BCUT2D eigenvalue weighted by Crippen LogP contribution is 2.22. The largest absolute Gasteiger partial charge is 0.480 e. The highest BCUT2D eigenvalue weighted by Gasteiger charge is 2.25. The van der Waals surface area contributed by atoms with Crippen molar-refractivity contribution < 1.29 is 9.90 Å². The van der Waals surface area contributed by atoms with Crippen molar-refractivity contribution in [1.29, 1.82) is 0 Å². The van der Waals surface area contributed by atoms with E-state index >= 15 is 0 Å². The van der Waals surface area contributed by atoms with Crippen molar-refractivity contribution in [3.05, 3.63) is 34.9 Å². The maximum Gasteiger partial charge on any atom is 0.323 e. The first-order valence-electron chi connectivity index (χ1n) is 6.58. The van der Waals surface area contributed by atoms with E-state index in [9.17, 15) is 4.79 Å². The van der Waals surface area contributed by atoms with E-state index in [0.29, 0.717) is 6.54 Å². The van der Waals surface area contributed by atoms with Crippen LogP contribution >= 0.6 is 0 Å². The average molecular weight is 247 g/mol. The molecular formula is C15H21NO2. The van der Waals surface area contributed by atoms with Gasteiger partial charge in [0, 0.05) is 6.54 Å². The van der Waals surface area contributed by atoms with Gasteiger partial charge in [0.05, 0.1) is 0 Å². The quantitative estimate of drug-likeness (QED) is 0.859. The van der Waals surface area contributed by atoms with E-state index in [0.717, 1.165) is 6.42 Å². The zero-order chi connectivity index (χ0) is 13.2. The molecule has 0 aliphatic heterocycles. The van der Waals surface area contributed by atoms with Gasteiger partial charge in [0.25, 0.3) is 0 Å². The van der Waals surface area contributed by atoms with Gasteiger partial charge in [-0.1, -0.05) is 18.2 Å². The fraction of sp³-hybridized carbons (Fsp3) is 0.533. The molecule has 1 aromatic rings. The number of carboxylic acids is 1. The summed E-state index contributed by atoms with van der Waals surface area (Å²) in [5, 5.41) is 12.1. The van der Waals surface area contributed by atoms with Gasteiger partial charge in [-0.3, -0.25) is 10.1 Å². The molecule has 2 rings (SSSR count). The molecule has 0 spiro atoms. The monoisotopic (exact) mass is 247 g/mol. The summed E-state index contributed by atoms with van der Waals surface area (Å²) < 4.78 is 0. The van der Waals surface area contributed by atoms with Crippen LogP contribution in [-0.2, 0) is 24.2 Å². The van der Waals surface area contributed by atoms with Crippen LogP contribution in [0.4, 0.5) is 0 Å². The van der Waals surface area contributed by atoms with Gasteiger partial charge in [0.1, 0.15) is 5.54 Å². The number of carbonyl (C=O) groups is 1. The van der Waals surface area contributed by atoms with Crippen LogP contribution in [0.3, 0.4) is 0 Å². The number of nitrogens with one attached hydrogen (secondary N) is 1. The Balaban J connectivity index is 2.04. The number of hydrogen-bond donors (Lipinski definition) is 2. The van der Waals surface area contributed by atoms with Gasteiger partial charge in [0.15, 0.2) is 0 Å². The highest BCUT2D eigenvalue weighted by molar-refractivity contribution is 5.77. The SMILES string of the molecule is CC(C)(NCc1ccc2c(c1)CCCC2)C(=O)O. The molecule has 0 bridgehead atoms. The fourth-order valence-corrected chi connectivity index (χ4v) is 2.30. The topological polar surface area (TPSA) is 49.3 Å². The van der Waals surface area contributed by atoms with E-state index in [2.05, 4.69) is 23.5 Å². The van der Waals surface area contributed by atoms with Crippen LogP contribution in [0.1, 0.15) is 43.4 Å². The first kappa shape index (κ1) is 13.1. The summed E-state index contributed by atoms with van der Waals surface area (Å²) in [7, 11) is 0. The molecule has 98 valence electrons. The zero-order valence-electron chi connectivity index (χ0n) is 11.1. The fourth-order valence-electron chi connectivity index (χ4n) is 2.30. The minimum atomic E-state index is -0.879. The standard InChI is InChI=1S/C15H21NO2/c1-15(2,14(17)18)16-10-11-7-8-12-5-3-4-6-13(12)9-11/h7-9,16H,3-6,10H2,1-2H3,(H,17,18). The minimum absolute atomic E-state index is 0.604. The van der Waals surface area contributed by atoms with E-state index < -0.39 is 11.5 Å². The third-order valence-electron chi connectivity index (χ3n) is 3.68. The number of rotatable bonds is 4. The second kappa shape index (κ2) is 5.11. The van der Waals surface area contributed by atoms with E-state index in [1.54, 1.807) is 13.8 Å². The van der Waals surface area contributed by atoms with Crippen molar-refractivity contribution in [1.82, 2.24) is 5.32 Å². The first-order chi connectivity index (χ1) is 8.49. The number of benzene rings is 1. The van der Waals surface area contributed by atoms with Gasteiger partial charge < -0.3 is 5.11 Å². The Morgan fingerprint density at radius 1 is 1.28 bits per heavy atom. The summed E-state index contributed by atoms with van der Waals surface area (Å²) in [4.78, 5) is 11.0. The molecule has 0 amide bonds. The summed E-state index contributed by atoms with van der Waals surface area (Å²) in [6.07, 6.45) is 4.90. The molecule has 0 fully saturated rings. The van der Waals surface area contributed by atoms with Gasteiger partial charge in [-0.25, -0.2) is 0 Å². The van der Waals surface area contributed by atoms with E-state index in [1.165, 1.54) is 36.0 Å². The maximum atomic E-state index is 11.0. The molecule has 3 nitrogen and oxygen atoms in total. The lowest BCUT2D eigenvalue weighted by Gasteiger charge is -2.22. The van der Waals surface area contributed by atoms with Crippen LogP contribution in [0.2, 0.25) is 0 Å². The molecule has 0 aromatic heterocycles. The van der Waals surface area contributed by atoms with Crippen molar-refractivity contribution in [2.45, 2.75) is 51.6 Å². The number of hydrogen-bond acceptors (Lipinski definition) is 2. The number of aryl methyl sites for hydroxylation is 2. The molecule has 2 N–H and O–H groups in total. The van der Waals surface area contributed by atoms with Crippen LogP contribution in [0.5, 0.6) is 0 Å². The molecule has 0 radical (unpaired) electrons. The first-order valence-corrected chi connectivity index (χ1v) is 6.58. The van der Waals surface area contributed by atoms with Crippen LogP contribution in [0, 0.1) is 0 Å². The second-order valence-corrected chi connectivity index (χ2v) is 5.59. The van der Waals surface area contributed by atoms with Crippen molar-refractivity contribution in [2.75, 3.05) is 0 Å². The van der Waals surface area contributed by atoms with Gasteiger partial charge in [-0.05, 0) is 56.2 Å². The zero-order valence-corrected chi connectivity index (χ0v) is 11.1. The predicted molar refractivity (Wildman–Crippen MR) is 71.6 cm³/mol. The molecule has 0 saturated carbocycles. The van der Waals surface area contributed by atoms with Crippen molar-refractivity contribution in [2.24, 2.45) is 0 Å². The normalized spacial score (nSPS) is 15.2. The number of carboxylic acid groups (broad SMARTS) is 1. The molecule has 3 heteroatoms. The third-order valence-corrected chi connectivity index (χ3v) is 3.68. The van der Waals surface area contributed by atoms with Gasteiger partial charge in [0.2, 0.25) is 0 Å². The molecule has 1 aliphatic rings. The van der Waals surface area contributed by atoms with Gasteiger partial charge in [-0.2, -0.15) is 0 Å². The van der Waals surface area contributed by atoms with Crippen LogP contribution in [-0.4, -0.2) is 16.6 Å². The number of fused-ring (bicyclic) bond motifs is 1. The highest BCUT2D eigenvalue weighted by atomic mass is 16.4. The lowest BCUT2D eigenvalue weighted by atomic mass is 9.90. The summed E-state index contributed by atoms with van der Waals surface area (Å²) in [5.41, 5.74) is 3.19. The molecule has 18 heavy (non-hydrogen) atoms. The molecule has 0 unspecified atom stereocenters. The Morgan fingerprint density at radius 2 is 1.94 bits per heavy atom.